The number of fused-ring (bicyclic) bond motifs is 2. The van der Waals surface area contributed by atoms with Crippen LogP contribution in [0.3, 0.4) is 0 Å². The highest BCUT2D eigenvalue weighted by atomic mass is 16.3. The van der Waals surface area contributed by atoms with Crippen LogP contribution >= 0.6 is 0 Å². The average Bonchev–Trinajstić information content (AvgIpc) is 2.75. The standard InChI is InChI=1S/C23H27N3O/c1-22-17-11-16(27)4-3-15(17)13-23-18(22)12-19(23)26(2)21(23)20(22)25-10-7-14-5-8-24-9-6-14/h3-6,8-9,11,18-21,25,27H,7,10,12-13H2,1-2H3/t18?,19?,20-,21+,22-,23?/m1/s1. The Kier molecular flexibility index (Phi) is 3.05. The Bertz CT molecular complexity index is 915. The maximum absolute atomic E-state index is 10.2. The third-order valence-corrected chi connectivity index (χ3v) is 8.59. The molecule has 0 amide bonds. The second kappa shape index (κ2) is 5.12. The van der Waals surface area contributed by atoms with Crippen molar-refractivity contribution in [3.63, 3.8) is 0 Å². The van der Waals surface area contributed by atoms with Gasteiger partial charge in [0.15, 0.2) is 0 Å². The van der Waals surface area contributed by atoms with E-state index in [2.05, 4.69) is 53.4 Å². The summed E-state index contributed by atoms with van der Waals surface area (Å²) in [7, 11) is 2.32. The highest BCUT2D eigenvalue weighted by molar-refractivity contribution is 5.54. The molecule has 6 atom stereocenters. The number of likely N-dealkylation sites (N-methyl/N-ethyl adjacent to an activating group) is 1. The summed E-state index contributed by atoms with van der Waals surface area (Å²) in [5.41, 5.74) is 4.76. The van der Waals surface area contributed by atoms with Gasteiger partial charge in [0.2, 0.25) is 0 Å². The van der Waals surface area contributed by atoms with Gasteiger partial charge in [-0.3, -0.25) is 9.88 Å². The summed E-state index contributed by atoms with van der Waals surface area (Å²) in [6, 6.07) is 12.1. The lowest BCUT2D eigenvalue weighted by Crippen LogP contribution is -2.79. The van der Waals surface area contributed by atoms with E-state index >= 15 is 0 Å². The SMILES string of the molecule is CN1C2CC3C24Cc2ccc(O)cc2[C@@]3(C)[C@H](NCCc2ccncc2)[C@H]14. The van der Waals surface area contributed by atoms with Gasteiger partial charge in [-0.05, 0) is 79.7 Å². The number of nitrogens with one attached hydrogen (secondary N) is 1. The third-order valence-electron chi connectivity index (χ3n) is 8.59. The molecule has 1 aromatic heterocycles. The van der Waals surface area contributed by atoms with Crippen LogP contribution in [0.25, 0.3) is 0 Å². The van der Waals surface area contributed by atoms with Gasteiger partial charge < -0.3 is 10.4 Å². The third kappa shape index (κ3) is 1.74. The van der Waals surface area contributed by atoms with Crippen LogP contribution in [0.2, 0.25) is 0 Å². The van der Waals surface area contributed by atoms with Crippen molar-refractivity contribution in [2.45, 2.75) is 49.7 Å². The first-order chi connectivity index (χ1) is 13.1. The molecule has 1 aromatic carbocycles. The number of hydrogen-bond donors (Lipinski definition) is 2. The first-order valence-corrected chi connectivity index (χ1v) is 10.2. The number of hydrogen-bond acceptors (Lipinski definition) is 4. The summed E-state index contributed by atoms with van der Waals surface area (Å²) in [5, 5.41) is 14.2. The summed E-state index contributed by atoms with van der Waals surface area (Å²) in [4.78, 5) is 6.76. The number of aromatic nitrogens is 1. The number of likely N-dealkylation sites (tertiary alicyclic amines) is 1. The molecule has 1 spiro atoms. The maximum Gasteiger partial charge on any atom is 0.115 e. The van der Waals surface area contributed by atoms with Gasteiger partial charge in [0.25, 0.3) is 0 Å². The fraction of sp³-hybridized carbons (Fsp3) is 0.522. The van der Waals surface area contributed by atoms with Gasteiger partial charge in [-0.25, -0.2) is 0 Å². The summed E-state index contributed by atoms with van der Waals surface area (Å²) in [6.07, 6.45) is 7.27. The minimum absolute atomic E-state index is 0.108. The number of phenols is 1. The van der Waals surface area contributed by atoms with Crippen LogP contribution in [0.1, 0.15) is 30.0 Å². The van der Waals surface area contributed by atoms with E-state index in [-0.39, 0.29) is 5.41 Å². The molecule has 4 aliphatic rings. The van der Waals surface area contributed by atoms with Crippen molar-refractivity contribution < 1.29 is 5.11 Å². The zero-order valence-electron chi connectivity index (χ0n) is 16.0. The monoisotopic (exact) mass is 361 g/mol. The molecule has 2 bridgehead atoms. The van der Waals surface area contributed by atoms with Crippen molar-refractivity contribution >= 4 is 0 Å². The van der Waals surface area contributed by atoms with Crippen molar-refractivity contribution in [3.8, 4) is 5.75 Å². The topological polar surface area (TPSA) is 48.4 Å². The van der Waals surface area contributed by atoms with Crippen LogP contribution in [-0.4, -0.2) is 46.7 Å². The van der Waals surface area contributed by atoms with E-state index in [0.29, 0.717) is 23.2 Å². The van der Waals surface area contributed by atoms with E-state index in [9.17, 15) is 5.11 Å². The van der Waals surface area contributed by atoms with E-state index in [1.165, 1.54) is 29.5 Å². The fourth-order valence-corrected chi connectivity index (χ4v) is 7.56. The largest absolute Gasteiger partial charge is 0.508 e. The highest BCUT2D eigenvalue weighted by Crippen LogP contribution is 2.77. The molecule has 4 nitrogen and oxygen atoms in total. The van der Waals surface area contributed by atoms with Gasteiger partial charge in [0.05, 0.1) is 0 Å². The molecule has 140 valence electrons. The van der Waals surface area contributed by atoms with Gasteiger partial charge in [-0.1, -0.05) is 13.0 Å². The minimum Gasteiger partial charge on any atom is -0.508 e. The zero-order chi connectivity index (χ0) is 18.4. The molecular formula is C23H27N3O. The Morgan fingerprint density at radius 1 is 1.26 bits per heavy atom. The molecular weight excluding hydrogens is 334 g/mol. The van der Waals surface area contributed by atoms with Crippen molar-refractivity contribution in [3.05, 3.63) is 59.4 Å². The number of rotatable bonds is 4. The van der Waals surface area contributed by atoms with Gasteiger partial charge in [-0.15, -0.1) is 0 Å². The Hall–Kier alpha value is -1.91. The van der Waals surface area contributed by atoms with Crippen LogP contribution < -0.4 is 5.32 Å². The zero-order valence-corrected chi connectivity index (χ0v) is 16.0. The molecule has 3 fully saturated rings. The summed E-state index contributed by atoms with van der Waals surface area (Å²) in [5.74, 6) is 1.15. The second-order valence-electron chi connectivity index (χ2n) is 9.36. The first kappa shape index (κ1) is 16.1. The number of aromatic hydroxyl groups is 1. The number of piperidine rings is 1. The van der Waals surface area contributed by atoms with Crippen molar-refractivity contribution in [2.75, 3.05) is 13.6 Å². The normalized spacial score (nSPS) is 40.7. The quantitative estimate of drug-likeness (QED) is 0.879. The highest BCUT2D eigenvalue weighted by Gasteiger charge is 2.83. The predicted molar refractivity (Wildman–Crippen MR) is 105 cm³/mol. The Labute approximate surface area is 160 Å². The van der Waals surface area contributed by atoms with Gasteiger partial charge in [0.1, 0.15) is 5.75 Å². The minimum atomic E-state index is 0.108. The molecule has 27 heavy (non-hydrogen) atoms. The van der Waals surface area contributed by atoms with Crippen LogP contribution in [0.15, 0.2) is 42.7 Å². The second-order valence-corrected chi connectivity index (χ2v) is 9.36. The molecule has 2 heterocycles. The molecule has 4 heteroatoms. The number of pyridine rings is 1. The summed E-state index contributed by atoms with van der Waals surface area (Å²) in [6.45, 7) is 3.44. The molecule has 3 aliphatic carbocycles. The van der Waals surface area contributed by atoms with Crippen molar-refractivity contribution in [1.82, 2.24) is 15.2 Å². The Balaban J connectivity index is 1.36. The van der Waals surface area contributed by atoms with E-state index in [0.717, 1.165) is 24.9 Å². The van der Waals surface area contributed by atoms with Crippen molar-refractivity contribution in [1.29, 1.82) is 0 Å². The lowest BCUT2D eigenvalue weighted by Gasteiger charge is -2.72. The van der Waals surface area contributed by atoms with Crippen LogP contribution in [0.4, 0.5) is 0 Å². The Morgan fingerprint density at radius 2 is 2.07 bits per heavy atom. The summed E-state index contributed by atoms with van der Waals surface area (Å²) >= 11 is 0. The molecule has 1 saturated heterocycles. The van der Waals surface area contributed by atoms with Crippen LogP contribution in [-0.2, 0) is 18.3 Å². The summed E-state index contributed by atoms with van der Waals surface area (Å²) < 4.78 is 0. The van der Waals surface area contributed by atoms with Gasteiger partial charge in [0, 0.05) is 41.3 Å². The predicted octanol–water partition coefficient (Wildman–Crippen LogP) is 2.50. The molecule has 2 saturated carbocycles. The smallest absolute Gasteiger partial charge is 0.115 e. The number of nitrogens with zero attached hydrogens (tertiary/aromatic N) is 2. The van der Waals surface area contributed by atoms with Crippen molar-refractivity contribution in [2.24, 2.45) is 11.3 Å². The molecule has 2 aromatic rings. The van der Waals surface area contributed by atoms with Crippen LogP contribution in [0.5, 0.6) is 5.75 Å². The van der Waals surface area contributed by atoms with Crippen LogP contribution in [0, 0.1) is 11.3 Å². The first-order valence-electron chi connectivity index (χ1n) is 10.2. The lowest BCUT2D eigenvalue weighted by molar-refractivity contribution is -0.213. The Morgan fingerprint density at radius 3 is 2.89 bits per heavy atom. The molecule has 3 unspecified atom stereocenters. The van der Waals surface area contributed by atoms with Gasteiger partial charge in [-0.2, -0.15) is 0 Å². The van der Waals surface area contributed by atoms with Gasteiger partial charge >= 0.3 is 0 Å². The van der Waals surface area contributed by atoms with E-state index in [1.807, 2.05) is 18.5 Å². The van der Waals surface area contributed by atoms with E-state index in [4.69, 9.17) is 0 Å². The number of phenolic OH excluding ortho intramolecular Hbond substituents is 1. The molecule has 6 rings (SSSR count). The molecule has 2 N–H and O–H groups in total. The van der Waals surface area contributed by atoms with E-state index in [1.54, 1.807) is 0 Å². The molecule has 0 radical (unpaired) electrons. The molecule has 1 aliphatic heterocycles. The number of benzene rings is 1. The fourth-order valence-electron chi connectivity index (χ4n) is 7.56. The average molecular weight is 361 g/mol. The van der Waals surface area contributed by atoms with E-state index < -0.39 is 0 Å². The lowest BCUT2D eigenvalue weighted by atomic mass is 9.42. The maximum atomic E-state index is 10.2.